The van der Waals surface area contributed by atoms with Gasteiger partial charge in [0.15, 0.2) is 0 Å². The average Bonchev–Trinajstić information content (AvgIpc) is 2.84. The fraction of sp³-hybridized carbons (Fsp3) is 0.429. The number of carbonyl (C=O) groups is 2. The smallest absolute Gasteiger partial charge is 0.415 e. The highest BCUT2D eigenvalue weighted by atomic mass is 16.6. The molecule has 0 radical (unpaired) electrons. The van der Waals surface area contributed by atoms with Gasteiger partial charge in [-0.05, 0) is 37.5 Å². The van der Waals surface area contributed by atoms with Crippen LogP contribution in [0.15, 0.2) is 18.2 Å². The number of hydrogen-bond acceptors (Lipinski definition) is 3. The standard InChI is InChI=1S/C14H17NO4/c1-9-4-3-5-12(10(9)2)19-14(18)15-7-6-11(8-15)13(16)17/h3-5,11H,6-8H2,1-2H3,(H,16,17). The van der Waals surface area contributed by atoms with Gasteiger partial charge in [-0.2, -0.15) is 0 Å². The number of carbonyl (C=O) groups excluding carboxylic acids is 1. The lowest BCUT2D eigenvalue weighted by Crippen LogP contribution is -2.32. The van der Waals surface area contributed by atoms with Crippen molar-refractivity contribution >= 4 is 12.1 Å². The van der Waals surface area contributed by atoms with Gasteiger partial charge in [-0.15, -0.1) is 0 Å². The molecule has 0 bridgehead atoms. The van der Waals surface area contributed by atoms with Crippen LogP contribution in [0, 0.1) is 19.8 Å². The van der Waals surface area contributed by atoms with E-state index in [0.717, 1.165) is 11.1 Å². The van der Waals surface area contributed by atoms with Gasteiger partial charge in [0.2, 0.25) is 0 Å². The normalized spacial score (nSPS) is 18.4. The molecule has 0 saturated carbocycles. The average molecular weight is 263 g/mol. The Labute approximate surface area is 111 Å². The number of benzene rings is 1. The highest BCUT2D eigenvalue weighted by Gasteiger charge is 2.32. The maximum absolute atomic E-state index is 12.0. The van der Waals surface area contributed by atoms with Crippen LogP contribution in [0.2, 0.25) is 0 Å². The Kier molecular flexibility index (Phi) is 3.74. The molecular formula is C14H17NO4. The van der Waals surface area contributed by atoms with Crippen molar-refractivity contribution in [1.82, 2.24) is 4.90 Å². The van der Waals surface area contributed by atoms with E-state index >= 15 is 0 Å². The molecule has 5 nitrogen and oxygen atoms in total. The molecule has 1 amide bonds. The van der Waals surface area contributed by atoms with Gasteiger partial charge < -0.3 is 14.7 Å². The van der Waals surface area contributed by atoms with Crippen LogP contribution < -0.4 is 4.74 Å². The van der Waals surface area contributed by atoms with Crippen molar-refractivity contribution in [2.24, 2.45) is 5.92 Å². The highest BCUT2D eigenvalue weighted by Crippen LogP contribution is 2.23. The zero-order valence-corrected chi connectivity index (χ0v) is 11.0. The summed E-state index contributed by atoms with van der Waals surface area (Å²) in [7, 11) is 0. The molecule has 1 fully saturated rings. The molecule has 0 aliphatic carbocycles. The van der Waals surface area contributed by atoms with E-state index in [1.165, 1.54) is 4.90 Å². The largest absolute Gasteiger partial charge is 0.481 e. The maximum atomic E-state index is 12.0. The fourth-order valence-electron chi connectivity index (χ4n) is 2.12. The lowest BCUT2D eigenvalue weighted by Gasteiger charge is -2.16. The van der Waals surface area contributed by atoms with Crippen molar-refractivity contribution < 1.29 is 19.4 Å². The first-order valence-corrected chi connectivity index (χ1v) is 6.25. The van der Waals surface area contributed by atoms with Crippen molar-refractivity contribution in [3.05, 3.63) is 29.3 Å². The number of aliphatic carboxylic acids is 1. The van der Waals surface area contributed by atoms with E-state index in [1.54, 1.807) is 6.07 Å². The topological polar surface area (TPSA) is 66.8 Å². The number of likely N-dealkylation sites (tertiary alicyclic amines) is 1. The van der Waals surface area contributed by atoms with Gasteiger partial charge >= 0.3 is 12.1 Å². The Morgan fingerprint density at radius 3 is 2.74 bits per heavy atom. The van der Waals surface area contributed by atoms with Crippen LogP contribution >= 0.6 is 0 Å². The highest BCUT2D eigenvalue weighted by molar-refractivity contribution is 5.75. The quantitative estimate of drug-likeness (QED) is 0.888. The predicted molar refractivity (Wildman–Crippen MR) is 69.3 cm³/mol. The minimum atomic E-state index is -0.859. The molecule has 1 N–H and O–H groups in total. The van der Waals surface area contributed by atoms with Gasteiger partial charge in [-0.3, -0.25) is 4.79 Å². The zero-order valence-electron chi connectivity index (χ0n) is 11.0. The van der Waals surface area contributed by atoms with E-state index in [4.69, 9.17) is 9.84 Å². The maximum Gasteiger partial charge on any atom is 0.415 e. The molecule has 1 saturated heterocycles. The summed E-state index contributed by atoms with van der Waals surface area (Å²) in [4.78, 5) is 24.3. The predicted octanol–water partition coefficient (Wildman–Crippen LogP) is 2.21. The van der Waals surface area contributed by atoms with Gasteiger partial charge in [0.05, 0.1) is 5.92 Å². The Morgan fingerprint density at radius 1 is 1.37 bits per heavy atom. The summed E-state index contributed by atoms with van der Waals surface area (Å²) >= 11 is 0. The van der Waals surface area contributed by atoms with Crippen molar-refractivity contribution in [3.8, 4) is 5.75 Å². The second kappa shape index (κ2) is 5.30. The Balaban J connectivity index is 2.02. The van der Waals surface area contributed by atoms with Crippen LogP contribution in [0.3, 0.4) is 0 Å². The molecule has 0 spiro atoms. The van der Waals surface area contributed by atoms with Crippen LogP contribution in [-0.4, -0.2) is 35.2 Å². The Hall–Kier alpha value is -2.04. The first kappa shape index (κ1) is 13.4. The van der Waals surface area contributed by atoms with Crippen LogP contribution in [0.4, 0.5) is 4.79 Å². The summed E-state index contributed by atoms with van der Waals surface area (Å²) in [5, 5.41) is 8.90. The third kappa shape index (κ3) is 2.86. The minimum absolute atomic E-state index is 0.221. The first-order valence-electron chi connectivity index (χ1n) is 6.25. The van der Waals surface area contributed by atoms with Crippen molar-refractivity contribution in [2.45, 2.75) is 20.3 Å². The van der Waals surface area contributed by atoms with Crippen LogP contribution in [0.25, 0.3) is 0 Å². The number of nitrogens with zero attached hydrogens (tertiary/aromatic N) is 1. The van der Waals surface area contributed by atoms with Crippen molar-refractivity contribution in [1.29, 1.82) is 0 Å². The van der Waals surface area contributed by atoms with E-state index in [2.05, 4.69) is 0 Å². The molecule has 1 aliphatic heterocycles. The molecule has 1 atom stereocenters. The minimum Gasteiger partial charge on any atom is -0.481 e. The van der Waals surface area contributed by atoms with Crippen molar-refractivity contribution in [2.75, 3.05) is 13.1 Å². The molecular weight excluding hydrogens is 246 g/mol. The number of carboxylic acids is 1. The lowest BCUT2D eigenvalue weighted by molar-refractivity contribution is -0.141. The Morgan fingerprint density at radius 2 is 2.11 bits per heavy atom. The summed E-state index contributed by atoms with van der Waals surface area (Å²) in [5.74, 6) is -0.808. The third-order valence-electron chi connectivity index (χ3n) is 3.55. The van der Waals surface area contributed by atoms with Gasteiger partial charge in [-0.25, -0.2) is 4.79 Å². The molecule has 1 aliphatic rings. The second-order valence-electron chi connectivity index (χ2n) is 4.84. The van der Waals surface area contributed by atoms with E-state index in [-0.39, 0.29) is 6.54 Å². The van der Waals surface area contributed by atoms with Gasteiger partial charge in [0.1, 0.15) is 5.75 Å². The van der Waals surface area contributed by atoms with E-state index < -0.39 is 18.0 Å². The zero-order chi connectivity index (χ0) is 14.0. The lowest BCUT2D eigenvalue weighted by atomic mass is 10.1. The van der Waals surface area contributed by atoms with E-state index in [1.807, 2.05) is 26.0 Å². The van der Waals surface area contributed by atoms with Crippen LogP contribution in [0.5, 0.6) is 5.75 Å². The number of carboxylic acid groups (broad SMARTS) is 1. The fourth-order valence-corrected chi connectivity index (χ4v) is 2.12. The SMILES string of the molecule is Cc1cccc(OC(=O)N2CCC(C(=O)O)C2)c1C. The third-order valence-corrected chi connectivity index (χ3v) is 3.55. The first-order chi connectivity index (χ1) is 8.99. The summed E-state index contributed by atoms with van der Waals surface area (Å²) in [6, 6.07) is 5.52. The molecule has 19 heavy (non-hydrogen) atoms. The summed E-state index contributed by atoms with van der Waals surface area (Å²) < 4.78 is 5.33. The molecule has 2 rings (SSSR count). The molecule has 1 aromatic rings. The molecule has 1 heterocycles. The number of ether oxygens (including phenoxy) is 1. The Bertz CT molecular complexity index is 512. The van der Waals surface area contributed by atoms with Crippen LogP contribution in [-0.2, 0) is 4.79 Å². The molecule has 102 valence electrons. The van der Waals surface area contributed by atoms with E-state index in [9.17, 15) is 9.59 Å². The monoisotopic (exact) mass is 263 g/mol. The van der Waals surface area contributed by atoms with Gasteiger partial charge in [0.25, 0.3) is 0 Å². The molecule has 1 unspecified atom stereocenters. The van der Waals surface area contributed by atoms with Gasteiger partial charge in [0, 0.05) is 13.1 Å². The van der Waals surface area contributed by atoms with Gasteiger partial charge in [-0.1, -0.05) is 12.1 Å². The number of rotatable bonds is 2. The number of aryl methyl sites for hydroxylation is 1. The molecule has 0 aromatic heterocycles. The second-order valence-corrected chi connectivity index (χ2v) is 4.84. The summed E-state index contributed by atoms with van der Waals surface area (Å²) in [6.07, 6.45) is 0.00878. The number of amides is 1. The van der Waals surface area contributed by atoms with E-state index in [0.29, 0.717) is 18.7 Å². The summed E-state index contributed by atoms with van der Waals surface area (Å²) in [5.41, 5.74) is 1.97. The summed E-state index contributed by atoms with van der Waals surface area (Å²) in [6.45, 7) is 4.49. The molecule has 5 heteroatoms. The molecule has 1 aromatic carbocycles. The number of hydrogen-bond donors (Lipinski definition) is 1. The van der Waals surface area contributed by atoms with Crippen molar-refractivity contribution in [3.63, 3.8) is 0 Å². The van der Waals surface area contributed by atoms with Crippen LogP contribution in [0.1, 0.15) is 17.5 Å².